The van der Waals surface area contributed by atoms with Gasteiger partial charge in [0.15, 0.2) is 0 Å². The van der Waals surface area contributed by atoms with Crippen molar-refractivity contribution in [3.8, 4) is 11.5 Å². The van der Waals surface area contributed by atoms with Gasteiger partial charge in [-0.15, -0.1) is 0 Å². The summed E-state index contributed by atoms with van der Waals surface area (Å²) in [5.74, 6) is 2.06. The lowest BCUT2D eigenvalue weighted by Gasteiger charge is -2.12. The maximum Gasteiger partial charge on any atom is 0.313 e. The first-order valence-corrected chi connectivity index (χ1v) is 9.47. The SMILES string of the molecule is CCC=C(/C=C(\C)C(C)=NC)Oc1ccc2c(c1)C1C(O2)C1C(=O)OCC. The third-order valence-electron chi connectivity index (χ3n) is 5.02. The first-order chi connectivity index (χ1) is 13.0. The number of carbonyl (C=O) groups excluding carboxylic acids is 1. The zero-order valence-electron chi connectivity index (χ0n) is 16.6. The largest absolute Gasteiger partial charge is 0.489 e. The summed E-state index contributed by atoms with van der Waals surface area (Å²) in [5, 5.41) is 0. The Kier molecular flexibility index (Phi) is 5.68. The molecule has 2 aliphatic rings. The van der Waals surface area contributed by atoms with E-state index in [0.717, 1.165) is 40.5 Å². The Hall–Kier alpha value is -2.56. The van der Waals surface area contributed by atoms with Gasteiger partial charge in [0.25, 0.3) is 0 Å². The molecule has 1 fully saturated rings. The molecule has 1 saturated carbocycles. The van der Waals surface area contributed by atoms with Crippen molar-refractivity contribution >= 4 is 11.7 Å². The zero-order chi connectivity index (χ0) is 19.6. The molecular weight excluding hydrogens is 342 g/mol. The fourth-order valence-corrected chi connectivity index (χ4v) is 3.39. The lowest BCUT2D eigenvalue weighted by Crippen LogP contribution is -2.13. The van der Waals surface area contributed by atoms with Crippen LogP contribution < -0.4 is 9.47 Å². The average Bonchev–Trinajstić information content (AvgIpc) is 3.25. The van der Waals surface area contributed by atoms with Gasteiger partial charge in [-0.2, -0.15) is 0 Å². The lowest BCUT2D eigenvalue weighted by atomic mass is 10.1. The second kappa shape index (κ2) is 7.99. The second-order valence-corrected chi connectivity index (χ2v) is 6.84. The van der Waals surface area contributed by atoms with Gasteiger partial charge >= 0.3 is 5.97 Å². The number of hydrogen-bond acceptors (Lipinski definition) is 5. The Morgan fingerprint density at radius 3 is 2.74 bits per heavy atom. The normalized spacial score (nSPS) is 24.0. The minimum atomic E-state index is -0.191. The van der Waals surface area contributed by atoms with Crippen LogP contribution in [0.25, 0.3) is 0 Å². The van der Waals surface area contributed by atoms with Crippen LogP contribution in [-0.2, 0) is 9.53 Å². The van der Waals surface area contributed by atoms with Crippen molar-refractivity contribution < 1.29 is 19.0 Å². The molecule has 0 saturated heterocycles. The van der Waals surface area contributed by atoms with E-state index < -0.39 is 0 Å². The molecule has 0 amide bonds. The van der Waals surface area contributed by atoms with Crippen LogP contribution in [-0.4, -0.2) is 31.4 Å². The van der Waals surface area contributed by atoms with Gasteiger partial charge in [-0.25, -0.2) is 0 Å². The molecule has 1 aromatic carbocycles. The van der Waals surface area contributed by atoms with Gasteiger partial charge in [-0.1, -0.05) is 6.92 Å². The predicted molar refractivity (Wildman–Crippen MR) is 106 cm³/mol. The van der Waals surface area contributed by atoms with E-state index in [1.807, 2.05) is 51.1 Å². The third-order valence-corrected chi connectivity index (χ3v) is 5.02. The van der Waals surface area contributed by atoms with Crippen LogP contribution in [0.3, 0.4) is 0 Å². The summed E-state index contributed by atoms with van der Waals surface area (Å²) in [6, 6.07) is 5.79. The molecule has 144 valence electrons. The van der Waals surface area contributed by atoms with Crippen LogP contribution in [0, 0.1) is 5.92 Å². The number of aliphatic imine (C=N–C) groups is 1. The third kappa shape index (κ3) is 3.92. The summed E-state index contributed by atoms with van der Waals surface area (Å²) < 4.78 is 17.1. The van der Waals surface area contributed by atoms with Gasteiger partial charge in [-0.05, 0) is 63.1 Å². The van der Waals surface area contributed by atoms with Crippen molar-refractivity contribution in [3.05, 3.63) is 47.2 Å². The Bertz CT molecular complexity index is 822. The van der Waals surface area contributed by atoms with Crippen molar-refractivity contribution in [1.29, 1.82) is 0 Å². The van der Waals surface area contributed by atoms with Gasteiger partial charge in [0.2, 0.25) is 0 Å². The molecule has 0 spiro atoms. The summed E-state index contributed by atoms with van der Waals surface area (Å²) in [4.78, 5) is 16.2. The first-order valence-electron chi connectivity index (χ1n) is 9.47. The van der Waals surface area contributed by atoms with Gasteiger partial charge in [0.05, 0.1) is 6.61 Å². The van der Waals surface area contributed by atoms with Crippen LogP contribution in [0.2, 0.25) is 0 Å². The topological polar surface area (TPSA) is 57.1 Å². The molecule has 1 aliphatic carbocycles. The minimum absolute atomic E-state index is 0.0768. The minimum Gasteiger partial charge on any atom is -0.489 e. The van der Waals surface area contributed by atoms with Crippen LogP contribution in [0.4, 0.5) is 0 Å². The fraction of sp³-hybridized carbons (Fsp3) is 0.455. The summed E-state index contributed by atoms with van der Waals surface area (Å²) in [6.07, 6.45) is 4.81. The van der Waals surface area contributed by atoms with Gasteiger partial charge in [0, 0.05) is 24.2 Å². The molecule has 1 heterocycles. The van der Waals surface area contributed by atoms with Crippen molar-refractivity contribution in [2.24, 2.45) is 10.9 Å². The monoisotopic (exact) mass is 369 g/mol. The van der Waals surface area contributed by atoms with E-state index in [2.05, 4.69) is 11.9 Å². The summed E-state index contributed by atoms with van der Waals surface area (Å²) in [5.41, 5.74) is 3.06. The fourth-order valence-electron chi connectivity index (χ4n) is 3.39. The number of esters is 1. The number of rotatable bonds is 7. The quantitative estimate of drug-likeness (QED) is 0.309. The Morgan fingerprint density at radius 1 is 1.30 bits per heavy atom. The molecule has 3 unspecified atom stereocenters. The van der Waals surface area contributed by atoms with E-state index in [4.69, 9.17) is 14.2 Å². The highest BCUT2D eigenvalue weighted by Gasteiger charge is 2.63. The number of allylic oxidation sites excluding steroid dienone is 3. The second-order valence-electron chi connectivity index (χ2n) is 6.84. The van der Waals surface area contributed by atoms with E-state index in [0.29, 0.717) is 6.61 Å². The van der Waals surface area contributed by atoms with Crippen molar-refractivity contribution in [2.45, 2.75) is 46.1 Å². The highest BCUT2D eigenvalue weighted by molar-refractivity contribution is 5.97. The van der Waals surface area contributed by atoms with Gasteiger partial charge in [-0.3, -0.25) is 9.79 Å². The highest BCUT2D eigenvalue weighted by Crippen LogP contribution is 2.59. The number of benzene rings is 1. The molecule has 5 nitrogen and oxygen atoms in total. The molecule has 1 aromatic rings. The van der Waals surface area contributed by atoms with Crippen LogP contribution in [0.5, 0.6) is 11.5 Å². The number of carbonyl (C=O) groups is 1. The molecular formula is C22H27NO4. The van der Waals surface area contributed by atoms with Crippen LogP contribution >= 0.6 is 0 Å². The summed E-state index contributed by atoms with van der Waals surface area (Å²) in [7, 11) is 1.78. The average molecular weight is 369 g/mol. The smallest absolute Gasteiger partial charge is 0.313 e. The number of hydrogen-bond donors (Lipinski definition) is 0. The van der Waals surface area contributed by atoms with Crippen LogP contribution in [0.15, 0.2) is 46.7 Å². The predicted octanol–water partition coefficient (Wildman–Crippen LogP) is 4.43. The van der Waals surface area contributed by atoms with Gasteiger partial charge < -0.3 is 14.2 Å². The summed E-state index contributed by atoms with van der Waals surface area (Å²) in [6.45, 7) is 8.28. The molecule has 3 atom stereocenters. The van der Waals surface area contributed by atoms with Crippen molar-refractivity contribution in [2.75, 3.05) is 13.7 Å². The molecule has 0 radical (unpaired) electrons. The lowest BCUT2D eigenvalue weighted by molar-refractivity contribution is -0.145. The number of ether oxygens (including phenoxy) is 3. The maximum absolute atomic E-state index is 12.0. The van der Waals surface area contributed by atoms with Crippen molar-refractivity contribution in [1.82, 2.24) is 0 Å². The van der Waals surface area contributed by atoms with Crippen LogP contribution in [0.1, 0.15) is 45.6 Å². The first kappa shape index (κ1) is 19.2. The molecule has 5 heteroatoms. The van der Waals surface area contributed by atoms with E-state index in [1.165, 1.54) is 0 Å². The highest BCUT2D eigenvalue weighted by atomic mass is 16.5. The molecule has 0 N–H and O–H groups in total. The standard InChI is InChI=1S/C22H27NO4/c1-6-8-15(11-13(3)14(4)23-5)26-16-9-10-18-17(12-16)19-20(21(19)27-18)22(24)25-7-2/h8-12,19-21H,6-7H2,1-5H3/b13-11+,15-8?,23-14?. The zero-order valence-corrected chi connectivity index (χ0v) is 16.6. The van der Waals surface area contributed by atoms with Crippen molar-refractivity contribution in [3.63, 3.8) is 0 Å². The summed E-state index contributed by atoms with van der Waals surface area (Å²) >= 11 is 0. The Balaban J connectivity index is 1.78. The molecule has 3 rings (SSSR count). The Morgan fingerprint density at radius 2 is 2.07 bits per heavy atom. The number of fused-ring (bicyclic) bond motifs is 3. The molecule has 0 bridgehead atoms. The van der Waals surface area contributed by atoms with E-state index in [-0.39, 0.29) is 23.9 Å². The maximum atomic E-state index is 12.0. The number of nitrogens with zero attached hydrogens (tertiary/aromatic N) is 1. The Labute approximate surface area is 160 Å². The van der Waals surface area contributed by atoms with Gasteiger partial charge in [0.1, 0.15) is 29.3 Å². The molecule has 1 aliphatic heterocycles. The van der Waals surface area contributed by atoms with E-state index >= 15 is 0 Å². The van der Waals surface area contributed by atoms with E-state index in [9.17, 15) is 4.79 Å². The molecule has 0 aromatic heterocycles. The molecule has 27 heavy (non-hydrogen) atoms. The van der Waals surface area contributed by atoms with E-state index in [1.54, 1.807) is 7.05 Å².